The fraction of sp³-hybridized carbons (Fsp3) is 0.692. The van der Waals surface area contributed by atoms with Crippen LogP contribution >= 0.6 is 0 Å². The summed E-state index contributed by atoms with van der Waals surface area (Å²) in [6.07, 6.45) is 1.05. The molecule has 1 amide bonds. The third kappa shape index (κ3) is 10.1. The Morgan fingerprint density at radius 1 is 1.32 bits per heavy atom. The van der Waals surface area contributed by atoms with Crippen LogP contribution in [0.5, 0.6) is 0 Å². The second-order valence-corrected chi connectivity index (χ2v) is 5.36. The molecular weight excluding hydrogens is 250 g/mol. The number of hydrogen-bond donors (Lipinski definition) is 2. The van der Waals surface area contributed by atoms with Crippen LogP contribution in [-0.2, 0) is 14.3 Å². The van der Waals surface area contributed by atoms with E-state index in [1.807, 2.05) is 19.9 Å². The Morgan fingerprint density at radius 3 is 2.32 bits per heavy atom. The lowest BCUT2D eigenvalue weighted by Crippen LogP contribution is -2.46. The highest BCUT2D eigenvalue weighted by molar-refractivity contribution is 5.80. The van der Waals surface area contributed by atoms with Gasteiger partial charge in [0.1, 0.15) is 5.60 Å². The normalized spacial score (nSPS) is 12.5. The molecule has 0 spiro atoms. The number of rotatable bonds is 6. The number of ether oxygens (including phenoxy) is 2. The first-order valence-corrected chi connectivity index (χ1v) is 6.05. The topological polar surface area (TPSA) is 84.9 Å². The van der Waals surface area contributed by atoms with E-state index in [9.17, 15) is 9.59 Å². The zero-order valence-corrected chi connectivity index (χ0v) is 12.1. The summed E-state index contributed by atoms with van der Waals surface area (Å²) in [5.41, 5.74) is 0.405. The molecular formula is C13H23NO5. The molecule has 0 aromatic carbocycles. The summed E-state index contributed by atoms with van der Waals surface area (Å²) in [5.74, 6) is -1.16. The van der Waals surface area contributed by atoms with Gasteiger partial charge in [-0.2, -0.15) is 0 Å². The number of carbonyl (C=O) groups is 2. The number of aliphatic carboxylic acids is 1. The first-order valence-electron chi connectivity index (χ1n) is 6.05. The molecule has 0 aliphatic heterocycles. The number of carboxylic acid groups (broad SMARTS) is 1. The van der Waals surface area contributed by atoms with Crippen molar-refractivity contribution in [3.8, 4) is 0 Å². The molecule has 6 heteroatoms. The van der Waals surface area contributed by atoms with Crippen LogP contribution in [0.4, 0.5) is 4.79 Å². The van der Waals surface area contributed by atoms with Gasteiger partial charge in [-0.15, -0.1) is 0 Å². The number of nitrogens with one attached hydrogen (secondary N) is 1. The van der Waals surface area contributed by atoms with Crippen LogP contribution in [0.25, 0.3) is 0 Å². The Hall–Kier alpha value is -1.56. The highest BCUT2D eigenvalue weighted by Gasteiger charge is 2.23. The van der Waals surface area contributed by atoms with Crippen molar-refractivity contribution in [3.05, 3.63) is 11.6 Å². The Kier molecular flexibility index (Phi) is 7.14. The number of carboxylic acids is 1. The molecule has 2 N–H and O–H groups in total. The predicted octanol–water partition coefficient (Wildman–Crippen LogP) is 1.95. The highest BCUT2D eigenvalue weighted by Crippen LogP contribution is 2.06. The number of allylic oxidation sites excluding steroid dienone is 1. The van der Waals surface area contributed by atoms with Gasteiger partial charge in [0.25, 0.3) is 0 Å². The van der Waals surface area contributed by atoms with Crippen LogP contribution in [0.3, 0.4) is 0 Å². The van der Waals surface area contributed by atoms with Gasteiger partial charge in [0, 0.05) is 0 Å². The number of carbonyl (C=O) groups excluding carboxylic acids is 1. The second kappa shape index (κ2) is 7.78. The fourth-order valence-electron chi connectivity index (χ4n) is 1.04. The van der Waals surface area contributed by atoms with Gasteiger partial charge >= 0.3 is 12.1 Å². The molecule has 0 aliphatic carbocycles. The van der Waals surface area contributed by atoms with Crippen LogP contribution in [0.1, 0.15) is 34.6 Å². The SMILES string of the molecule is CC(C)=CCOCC(NC(=O)OC(C)(C)C)C(=O)O. The van der Waals surface area contributed by atoms with E-state index < -0.39 is 23.7 Å². The molecule has 0 bridgehead atoms. The maximum Gasteiger partial charge on any atom is 0.408 e. The largest absolute Gasteiger partial charge is 0.480 e. The predicted molar refractivity (Wildman–Crippen MR) is 71.0 cm³/mol. The summed E-state index contributed by atoms with van der Waals surface area (Å²) in [4.78, 5) is 22.4. The summed E-state index contributed by atoms with van der Waals surface area (Å²) in [7, 11) is 0. The zero-order chi connectivity index (χ0) is 15.1. The lowest BCUT2D eigenvalue weighted by molar-refractivity contribution is -0.141. The molecule has 6 nitrogen and oxygen atoms in total. The summed E-state index contributed by atoms with van der Waals surface area (Å²) in [5, 5.41) is 11.2. The fourth-order valence-corrected chi connectivity index (χ4v) is 1.04. The van der Waals surface area contributed by atoms with Crippen molar-refractivity contribution in [2.75, 3.05) is 13.2 Å². The number of alkyl carbamates (subject to hydrolysis) is 1. The molecule has 1 atom stereocenters. The van der Waals surface area contributed by atoms with E-state index in [4.69, 9.17) is 14.6 Å². The molecule has 0 saturated heterocycles. The van der Waals surface area contributed by atoms with Crippen molar-refractivity contribution >= 4 is 12.1 Å². The van der Waals surface area contributed by atoms with Gasteiger partial charge in [-0.25, -0.2) is 9.59 Å². The summed E-state index contributed by atoms with van der Waals surface area (Å²) < 4.78 is 10.2. The molecule has 1 unspecified atom stereocenters. The number of amides is 1. The molecule has 0 rings (SSSR count). The van der Waals surface area contributed by atoms with Crippen molar-refractivity contribution in [2.24, 2.45) is 0 Å². The quantitative estimate of drug-likeness (QED) is 0.570. The van der Waals surface area contributed by atoms with Gasteiger partial charge in [-0.05, 0) is 34.6 Å². The molecule has 0 radical (unpaired) electrons. The van der Waals surface area contributed by atoms with E-state index in [1.54, 1.807) is 20.8 Å². The Balaban J connectivity index is 4.23. The molecule has 0 aromatic rings. The summed E-state index contributed by atoms with van der Waals surface area (Å²) in [6, 6.07) is -1.12. The summed E-state index contributed by atoms with van der Waals surface area (Å²) >= 11 is 0. The van der Waals surface area contributed by atoms with E-state index >= 15 is 0 Å². The molecule has 110 valence electrons. The van der Waals surface area contributed by atoms with Gasteiger partial charge in [0.05, 0.1) is 13.2 Å². The van der Waals surface area contributed by atoms with E-state index in [0.717, 1.165) is 5.57 Å². The highest BCUT2D eigenvalue weighted by atomic mass is 16.6. The average molecular weight is 273 g/mol. The third-order valence-corrected chi connectivity index (χ3v) is 1.88. The smallest absolute Gasteiger partial charge is 0.408 e. The van der Waals surface area contributed by atoms with Crippen molar-refractivity contribution in [3.63, 3.8) is 0 Å². The van der Waals surface area contributed by atoms with Gasteiger partial charge in [-0.3, -0.25) is 0 Å². The zero-order valence-electron chi connectivity index (χ0n) is 12.1. The monoisotopic (exact) mass is 273 g/mol. The summed E-state index contributed by atoms with van der Waals surface area (Å²) in [6.45, 7) is 9.13. The van der Waals surface area contributed by atoms with Crippen molar-refractivity contribution in [1.82, 2.24) is 5.32 Å². The van der Waals surface area contributed by atoms with Crippen LogP contribution in [-0.4, -0.2) is 42.0 Å². The van der Waals surface area contributed by atoms with Gasteiger partial charge in [-0.1, -0.05) is 11.6 Å². The maximum atomic E-state index is 11.5. The Morgan fingerprint density at radius 2 is 1.89 bits per heavy atom. The molecule has 0 saturated carbocycles. The third-order valence-electron chi connectivity index (χ3n) is 1.88. The molecule has 19 heavy (non-hydrogen) atoms. The minimum atomic E-state index is -1.16. The lowest BCUT2D eigenvalue weighted by Gasteiger charge is -2.21. The van der Waals surface area contributed by atoms with Crippen LogP contribution in [0.2, 0.25) is 0 Å². The van der Waals surface area contributed by atoms with Crippen molar-refractivity contribution in [2.45, 2.75) is 46.3 Å². The second-order valence-electron chi connectivity index (χ2n) is 5.36. The van der Waals surface area contributed by atoms with Crippen molar-refractivity contribution < 1.29 is 24.2 Å². The van der Waals surface area contributed by atoms with E-state index in [1.165, 1.54) is 0 Å². The number of hydrogen-bond acceptors (Lipinski definition) is 4. The van der Waals surface area contributed by atoms with E-state index in [-0.39, 0.29) is 6.61 Å². The Bertz CT molecular complexity index is 339. The maximum absolute atomic E-state index is 11.5. The minimum absolute atomic E-state index is 0.113. The Labute approximate surface area is 113 Å². The lowest BCUT2D eigenvalue weighted by atomic mass is 10.2. The van der Waals surface area contributed by atoms with Crippen LogP contribution in [0, 0.1) is 0 Å². The van der Waals surface area contributed by atoms with Crippen LogP contribution < -0.4 is 5.32 Å². The van der Waals surface area contributed by atoms with E-state index in [2.05, 4.69) is 5.32 Å². The first-order chi connectivity index (χ1) is 8.61. The van der Waals surface area contributed by atoms with Crippen molar-refractivity contribution in [1.29, 1.82) is 0 Å². The first kappa shape index (κ1) is 17.4. The minimum Gasteiger partial charge on any atom is -0.480 e. The van der Waals surface area contributed by atoms with E-state index in [0.29, 0.717) is 6.61 Å². The molecule has 0 fully saturated rings. The van der Waals surface area contributed by atoms with Gasteiger partial charge in [0.15, 0.2) is 6.04 Å². The van der Waals surface area contributed by atoms with Crippen LogP contribution in [0.15, 0.2) is 11.6 Å². The molecule has 0 aliphatic rings. The molecule has 0 heterocycles. The molecule has 0 aromatic heterocycles. The van der Waals surface area contributed by atoms with Gasteiger partial charge in [0.2, 0.25) is 0 Å². The van der Waals surface area contributed by atoms with Gasteiger partial charge < -0.3 is 19.9 Å². The average Bonchev–Trinajstić information content (AvgIpc) is 2.19. The standard InChI is InChI=1S/C13H23NO5/c1-9(2)6-7-18-8-10(11(15)16)14-12(17)19-13(3,4)5/h6,10H,7-8H2,1-5H3,(H,14,17)(H,15,16).